The van der Waals surface area contributed by atoms with Crippen LogP contribution < -0.4 is 10.6 Å². The standard InChI is InChI=1S/C17H25N3OS/c1-18-16(19-11-17(21)8-9-22-12-17)20-15-7-6-13-4-2-3-5-14(13)10-15/h2-5,15,21H,6-12H2,1H3,(H2,18,19,20). The Morgan fingerprint density at radius 3 is 2.95 bits per heavy atom. The number of hydrogen-bond donors (Lipinski definition) is 3. The molecule has 0 radical (unpaired) electrons. The van der Waals surface area contributed by atoms with Crippen molar-refractivity contribution in [3.05, 3.63) is 35.4 Å². The van der Waals surface area contributed by atoms with Crippen LogP contribution in [0.15, 0.2) is 29.3 Å². The maximum Gasteiger partial charge on any atom is 0.191 e. The molecule has 1 aliphatic carbocycles. The third-order valence-electron chi connectivity index (χ3n) is 4.58. The summed E-state index contributed by atoms with van der Waals surface area (Å²) in [6.45, 7) is 0.572. The molecule has 1 aliphatic heterocycles. The highest BCUT2D eigenvalue weighted by atomic mass is 32.2. The third kappa shape index (κ3) is 3.76. The lowest BCUT2D eigenvalue weighted by Crippen LogP contribution is -2.50. The number of aliphatic hydroxyl groups is 1. The number of aliphatic imine (C=N–C) groups is 1. The van der Waals surface area contributed by atoms with Gasteiger partial charge in [0.1, 0.15) is 0 Å². The molecule has 0 spiro atoms. The highest BCUT2D eigenvalue weighted by Crippen LogP contribution is 2.27. The predicted molar refractivity (Wildman–Crippen MR) is 93.6 cm³/mol. The van der Waals surface area contributed by atoms with E-state index in [2.05, 4.69) is 39.9 Å². The molecule has 4 nitrogen and oxygen atoms in total. The molecule has 2 aliphatic rings. The average Bonchev–Trinajstić information content (AvgIpc) is 2.98. The van der Waals surface area contributed by atoms with E-state index in [9.17, 15) is 5.11 Å². The van der Waals surface area contributed by atoms with E-state index in [1.165, 1.54) is 11.1 Å². The summed E-state index contributed by atoms with van der Waals surface area (Å²) in [6, 6.07) is 9.09. The van der Waals surface area contributed by atoms with Gasteiger partial charge in [0.2, 0.25) is 0 Å². The monoisotopic (exact) mass is 319 g/mol. The normalized spacial score (nSPS) is 28.3. The molecule has 1 aromatic carbocycles. The van der Waals surface area contributed by atoms with Gasteiger partial charge in [-0.25, -0.2) is 0 Å². The molecule has 0 bridgehead atoms. The van der Waals surface area contributed by atoms with Crippen LogP contribution in [0.25, 0.3) is 0 Å². The zero-order chi connectivity index (χ0) is 15.4. The molecule has 3 N–H and O–H groups in total. The van der Waals surface area contributed by atoms with Crippen molar-refractivity contribution in [1.29, 1.82) is 0 Å². The van der Waals surface area contributed by atoms with Crippen LogP contribution in [-0.4, -0.2) is 47.8 Å². The Balaban J connectivity index is 1.53. The lowest BCUT2D eigenvalue weighted by atomic mass is 9.88. The zero-order valence-electron chi connectivity index (χ0n) is 13.1. The molecular formula is C17H25N3OS. The summed E-state index contributed by atoms with van der Waals surface area (Å²) < 4.78 is 0. The zero-order valence-corrected chi connectivity index (χ0v) is 14.0. The van der Waals surface area contributed by atoms with Crippen LogP contribution in [0.4, 0.5) is 0 Å². The third-order valence-corrected chi connectivity index (χ3v) is 5.81. The molecule has 0 amide bonds. The molecule has 5 heteroatoms. The van der Waals surface area contributed by atoms with Gasteiger partial charge in [-0.15, -0.1) is 0 Å². The Morgan fingerprint density at radius 1 is 1.41 bits per heavy atom. The largest absolute Gasteiger partial charge is 0.387 e. The molecule has 2 unspecified atom stereocenters. The molecule has 120 valence electrons. The Labute approximate surface area is 136 Å². The van der Waals surface area contributed by atoms with E-state index in [0.717, 1.165) is 43.1 Å². The minimum atomic E-state index is -0.582. The molecule has 1 fully saturated rings. The van der Waals surface area contributed by atoms with Crippen molar-refractivity contribution in [3.63, 3.8) is 0 Å². The average molecular weight is 319 g/mol. The predicted octanol–water partition coefficient (Wildman–Crippen LogP) is 1.58. The Hall–Kier alpha value is -1.20. The minimum absolute atomic E-state index is 0.411. The van der Waals surface area contributed by atoms with Gasteiger partial charge in [0, 0.05) is 25.4 Å². The molecule has 22 heavy (non-hydrogen) atoms. The first-order valence-electron chi connectivity index (χ1n) is 8.03. The van der Waals surface area contributed by atoms with E-state index in [1.54, 1.807) is 7.05 Å². The van der Waals surface area contributed by atoms with Gasteiger partial charge in [-0.05, 0) is 42.6 Å². The summed E-state index contributed by atoms with van der Waals surface area (Å²) in [5.41, 5.74) is 2.33. The number of guanidine groups is 1. The van der Waals surface area contributed by atoms with Crippen molar-refractivity contribution >= 4 is 17.7 Å². The lowest BCUT2D eigenvalue weighted by Gasteiger charge is -2.28. The van der Waals surface area contributed by atoms with Crippen LogP contribution in [0.5, 0.6) is 0 Å². The van der Waals surface area contributed by atoms with Crippen molar-refractivity contribution in [2.24, 2.45) is 4.99 Å². The highest BCUT2D eigenvalue weighted by molar-refractivity contribution is 7.99. The number of benzene rings is 1. The summed E-state index contributed by atoms with van der Waals surface area (Å²) >= 11 is 1.82. The van der Waals surface area contributed by atoms with E-state index < -0.39 is 5.60 Å². The van der Waals surface area contributed by atoms with Crippen LogP contribution in [0.3, 0.4) is 0 Å². The summed E-state index contributed by atoms with van der Waals surface area (Å²) in [4.78, 5) is 4.31. The maximum absolute atomic E-state index is 10.4. The van der Waals surface area contributed by atoms with E-state index in [-0.39, 0.29) is 0 Å². The highest BCUT2D eigenvalue weighted by Gasteiger charge is 2.31. The van der Waals surface area contributed by atoms with E-state index in [0.29, 0.717) is 12.6 Å². The molecule has 1 saturated heterocycles. The summed E-state index contributed by atoms with van der Waals surface area (Å²) in [5.74, 6) is 2.66. The second-order valence-corrected chi connectivity index (χ2v) is 7.41. The Bertz CT molecular complexity index is 540. The number of nitrogens with zero attached hydrogens (tertiary/aromatic N) is 1. The topological polar surface area (TPSA) is 56.7 Å². The Kier molecular flexibility index (Phi) is 4.93. The second-order valence-electron chi connectivity index (χ2n) is 6.31. The van der Waals surface area contributed by atoms with Gasteiger partial charge >= 0.3 is 0 Å². The van der Waals surface area contributed by atoms with Gasteiger partial charge in [-0.3, -0.25) is 4.99 Å². The molecule has 0 saturated carbocycles. The van der Waals surface area contributed by atoms with E-state index >= 15 is 0 Å². The van der Waals surface area contributed by atoms with Crippen molar-refractivity contribution < 1.29 is 5.11 Å². The molecule has 1 aromatic rings. The quantitative estimate of drug-likeness (QED) is 0.585. The van der Waals surface area contributed by atoms with Gasteiger partial charge in [-0.1, -0.05) is 24.3 Å². The van der Waals surface area contributed by atoms with Crippen molar-refractivity contribution in [3.8, 4) is 0 Å². The van der Waals surface area contributed by atoms with Crippen molar-refractivity contribution in [1.82, 2.24) is 10.6 Å². The number of nitrogens with one attached hydrogen (secondary N) is 2. The van der Waals surface area contributed by atoms with Crippen LogP contribution in [0.1, 0.15) is 24.0 Å². The fourth-order valence-corrected chi connectivity index (χ4v) is 4.49. The molecule has 1 heterocycles. The van der Waals surface area contributed by atoms with Crippen LogP contribution in [-0.2, 0) is 12.8 Å². The molecule has 2 atom stereocenters. The molecule has 3 rings (SSSR count). The first-order valence-corrected chi connectivity index (χ1v) is 9.18. The summed E-state index contributed by atoms with van der Waals surface area (Å²) in [5, 5.41) is 17.2. The van der Waals surface area contributed by atoms with Crippen molar-refractivity contribution in [2.75, 3.05) is 25.1 Å². The van der Waals surface area contributed by atoms with Gasteiger partial charge < -0.3 is 15.7 Å². The molecule has 0 aromatic heterocycles. The maximum atomic E-state index is 10.4. The Morgan fingerprint density at radius 2 is 2.23 bits per heavy atom. The first kappa shape index (κ1) is 15.7. The first-order chi connectivity index (χ1) is 10.7. The number of rotatable bonds is 3. The van der Waals surface area contributed by atoms with Gasteiger partial charge in [0.15, 0.2) is 5.96 Å². The number of aryl methyl sites for hydroxylation is 1. The lowest BCUT2D eigenvalue weighted by molar-refractivity contribution is 0.0723. The number of thioether (sulfide) groups is 1. The van der Waals surface area contributed by atoms with Crippen LogP contribution in [0.2, 0.25) is 0 Å². The van der Waals surface area contributed by atoms with Crippen molar-refractivity contribution in [2.45, 2.75) is 37.3 Å². The number of fused-ring (bicyclic) bond motifs is 1. The van der Waals surface area contributed by atoms with E-state index in [1.807, 2.05) is 11.8 Å². The van der Waals surface area contributed by atoms with Crippen LogP contribution in [0, 0.1) is 0 Å². The molecular weight excluding hydrogens is 294 g/mol. The van der Waals surface area contributed by atoms with Crippen LogP contribution >= 0.6 is 11.8 Å². The summed E-state index contributed by atoms with van der Waals surface area (Å²) in [7, 11) is 1.79. The smallest absolute Gasteiger partial charge is 0.191 e. The minimum Gasteiger partial charge on any atom is -0.387 e. The second kappa shape index (κ2) is 6.92. The van der Waals surface area contributed by atoms with E-state index in [4.69, 9.17) is 0 Å². The fraction of sp³-hybridized carbons (Fsp3) is 0.588. The van der Waals surface area contributed by atoms with Gasteiger partial charge in [0.05, 0.1) is 5.60 Å². The SMILES string of the molecule is CN=C(NCC1(O)CCSC1)NC1CCc2ccccc2C1. The summed E-state index contributed by atoms with van der Waals surface area (Å²) in [6.07, 6.45) is 4.14. The number of hydrogen-bond acceptors (Lipinski definition) is 3. The van der Waals surface area contributed by atoms with Gasteiger partial charge in [0.25, 0.3) is 0 Å². The fourth-order valence-electron chi connectivity index (χ4n) is 3.19. The van der Waals surface area contributed by atoms with Gasteiger partial charge in [-0.2, -0.15) is 11.8 Å².